The molecular weight excluding hydrogens is 202 g/mol. The van der Waals surface area contributed by atoms with Crippen molar-refractivity contribution in [3.63, 3.8) is 0 Å². The topological polar surface area (TPSA) is 49.3 Å². The van der Waals surface area contributed by atoms with Crippen LogP contribution in [0.3, 0.4) is 0 Å². The Morgan fingerprint density at radius 3 is 2.38 bits per heavy atom. The summed E-state index contributed by atoms with van der Waals surface area (Å²) >= 11 is 0. The predicted molar refractivity (Wildman–Crippen MR) is 65.1 cm³/mol. The van der Waals surface area contributed by atoms with Gasteiger partial charge in [-0.05, 0) is 25.0 Å². The molecule has 0 unspecified atom stereocenters. The third-order valence-electron chi connectivity index (χ3n) is 2.12. The highest BCUT2D eigenvalue weighted by atomic mass is 16.4. The quantitative estimate of drug-likeness (QED) is 0.798. The van der Waals surface area contributed by atoms with Crippen LogP contribution in [0.2, 0.25) is 0 Å². The lowest BCUT2D eigenvalue weighted by Gasteiger charge is -2.13. The second kappa shape index (κ2) is 5.35. The van der Waals surface area contributed by atoms with Crippen molar-refractivity contribution in [1.82, 2.24) is 5.32 Å². The first kappa shape index (κ1) is 12.3. The number of rotatable bonds is 5. The molecule has 0 heterocycles. The summed E-state index contributed by atoms with van der Waals surface area (Å²) in [6.07, 6.45) is 0.0599. The van der Waals surface area contributed by atoms with Crippen molar-refractivity contribution < 1.29 is 9.90 Å². The van der Waals surface area contributed by atoms with Crippen LogP contribution in [0.5, 0.6) is 0 Å². The van der Waals surface area contributed by atoms with E-state index in [-0.39, 0.29) is 6.42 Å². The van der Waals surface area contributed by atoms with Crippen LogP contribution in [-0.2, 0) is 11.2 Å². The van der Waals surface area contributed by atoms with E-state index in [0.29, 0.717) is 6.04 Å². The number of hydrogen-bond donors (Lipinski definition) is 2. The molecule has 1 aromatic carbocycles. The van der Waals surface area contributed by atoms with Gasteiger partial charge in [0.2, 0.25) is 0 Å². The molecule has 0 aliphatic carbocycles. The first-order chi connectivity index (χ1) is 7.49. The zero-order valence-electron chi connectivity index (χ0n) is 9.66. The van der Waals surface area contributed by atoms with Gasteiger partial charge in [0.05, 0.1) is 6.42 Å². The molecule has 3 heteroatoms. The molecule has 1 rings (SSSR count). The van der Waals surface area contributed by atoms with Crippen molar-refractivity contribution >= 4 is 11.7 Å². The Balaban J connectivity index is 2.71. The molecule has 16 heavy (non-hydrogen) atoms. The number of hydrogen-bond acceptors (Lipinski definition) is 2. The average Bonchev–Trinajstić information content (AvgIpc) is 2.16. The highest BCUT2D eigenvalue weighted by Gasteiger charge is 2.03. The fourth-order valence-electron chi connectivity index (χ4n) is 1.43. The van der Waals surface area contributed by atoms with Crippen molar-refractivity contribution in [2.45, 2.75) is 26.3 Å². The molecule has 0 aliphatic heterocycles. The van der Waals surface area contributed by atoms with E-state index >= 15 is 0 Å². The van der Waals surface area contributed by atoms with Crippen molar-refractivity contribution in [3.8, 4) is 0 Å². The van der Waals surface area contributed by atoms with Crippen LogP contribution in [0.25, 0.3) is 5.70 Å². The summed E-state index contributed by atoms with van der Waals surface area (Å²) in [7, 11) is 0. The number of carboxylic acids is 1. The minimum Gasteiger partial charge on any atom is -0.481 e. The summed E-state index contributed by atoms with van der Waals surface area (Å²) in [6, 6.07) is 7.74. The molecule has 0 spiro atoms. The second-order valence-electron chi connectivity index (χ2n) is 4.05. The molecule has 0 saturated carbocycles. The fourth-order valence-corrected chi connectivity index (χ4v) is 1.43. The first-order valence-electron chi connectivity index (χ1n) is 5.25. The van der Waals surface area contributed by atoms with Crippen LogP contribution >= 0.6 is 0 Å². The number of benzene rings is 1. The molecule has 0 aliphatic rings. The maximum atomic E-state index is 10.5. The summed E-state index contributed by atoms with van der Waals surface area (Å²) in [6.45, 7) is 8.02. The minimum atomic E-state index is -0.813. The Labute approximate surface area is 95.8 Å². The lowest BCUT2D eigenvalue weighted by molar-refractivity contribution is -0.136. The van der Waals surface area contributed by atoms with Gasteiger partial charge in [0, 0.05) is 11.7 Å². The monoisotopic (exact) mass is 219 g/mol. The molecule has 3 nitrogen and oxygen atoms in total. The molecule has 2 N–H and O–H groups in total. The molecule has 0 saturated heterocycles. The molecule has 0 bridgehead atoms. The van der Waals surface area contributed by atoms with Gasteiger partial charge in [0.25, 0.3) is 0 Å². The van der Waals surface area contributed by atoms with E-state index in [1.54, 1.807) is 0 Å². The SMILES string of the molecule is C=C(NC(C)C)c1ccc(CC(=O)O)cc1. The van der Waals surface area contributed by atoms with Gasteiger partial charge < -0.3 is 10.4 Å². The molecule has 0 radical (unpaired) electrons. The minimum absolute atomic E-state index is 0.0599. The van der Waals surface area contributed by atoms with Crippen molar-refractivity contribution in [2.75, 3.05) is 0 Å². The summed E-state index contributed by atoms with van der Waals surface area (Å²) in [5.41, 5.74) is 2.65. The van der Waals surface area contributed by atoms with Crippen LogP contribution in [0, 0.1) is 0 Å². The normalized spacial score (nSPS) is 10.2. The zero-order valence-corrected chi connectivity index (χ0v) is 9.66. The maximum Gasteiger partial charge on any atom is 0.307 e. The average molecular weight is 219 g/mol. The number of carboxylic acid groups (broad SMARTS) is 1. The Morgan fingerprint density at radius 1 is 1.38 bits per heavy atom. The molecule has 0 atom stereocenters. The van der Waals surface area contributed by atoms with Gasteiger partial charge in [-0.15, -0.1) is 0 Å². The molecule has 0 aromatic heterocycles. The van der Waals surface area contributed by atoms with Gasteiger partial charge in [-0.25, -0.2) is 0 Å². The van der Waals surface area contributed by atoms with E-state index in [1.165, 1.54) is 0 Å². The van der Waals surface area contributed by atoms with Gasteiger partial charge in [0.1, 0.15) is 0 Å². The third-order valence-corrected chi connectivity index (χ3v) is 2.12. The second-order valence-corrected chi connectivity index (χ2v) is 4.05. The fraction of sp³-hybridized carbons (Fsp3) is 0.308. The number of aliphatic carboxylic acids is 1. The Kier molecular flexibility index (Phi) is 4.11. The highest BCUT2D eigenvalue weighted by Crippen LogP contribution is 2.12. The Bertz CT molecular complexity index is 379. The smallest absolute Gasteiger partial charge is 0.307 e. The van der Waals surface area contributed by atoms with Gasteiger partial charge in [-0.3, -0.25) is 4.79 Å². The lowest BCUT2D eigenvalue weighted by Crippen LogP contribution is -2.20. The number of nitrogens with one attached hydrogen (secondary N) is 1. The van der Waals surface area contributed by atoms with E-state index in [1.807, 2.05) is 38.1 Å². The maximum absolute atomic E-state index is 10.5. The van der Waals surface area contributed by atoms with Gasteiger partial charge in [-0.2, -0.15) is 0 Å². The summed E-state index contributed by atoms with van der Waals surface area (Å²) in [5, 5.41) is 11.8. The highest BCUT2D eigenvalue weighted by molar-refractivity contribution is 5.70. The van der Waals surface area contributed by atoms with E-state index in [4.69, 9.17) is 5.11 Å². The van der Waals surface area contributed by atoms with Crippen LogP contribution in [-0.4, -0.2) is 17.1 Å². The van der Waals surface area contributed by atoms with Gasteiger partial charge >= 0.3 is 5.97 Å². The summed E-state index contributed by atoms with van der Waals surface area (Å²) in [4.78, 5) is 10.5. The van der Waals surface area contributed by atoms with Gasteiger partial charge in [-0.1, -0.05) is 30.8 Å². The van der Waals surface area contributed by atoms with Crippen LogP contribution in [0.1, 0.15) is 25.0 Å². The van der Waals surface area contributed by atoms with Gasteiger partial charge in [0.15, 0.2) is 0 Å². The molecule has 0 fully saturated rings. The van der Waals surface area contributed by atoms with E-state index in [2.05, 4.69) is 11.9 Å². The lowest BCUT2D eigenvalue weighted by atomic mass is 10.1. The largest absolute Gasteiger partial charge is 0.481 e. The first-order valence-corrected chi connectivity index (χ1v) is 5.25. The van der Waals surface area contributed by atoms with E-state index < -0.39 is 5.97 Å². The standard InChI is InChI=1S/C13H17NO2/c1-9(2)14-10(3)12-6-4-11(5-7-12)8-13(15)16/h4-7,9,14H,3,8H2,1-2H3,(H,15,16). The van der Waals surface area contributed by atoms with E-state index in [0.717, 1.165) is 16.8 Å². The Morgan fingerprint density at radius 2 is 1.94 bits per heavy atom. The molecule has 1 aromatic rings. The van der Waals surface area contributed by atoms with Crippen LogP contribution in [0.4, 0.5) is 0 Å². The third kappa shape index (κ3) is 3.77. The number of carbonyl (C=O) groups is 1. The molecule has 86 valence electrons. The zero-order chi connectivity index (χ0) is 12.1. The van der Waals surface area contributed by atoms with Crippen molar-refractivity contribution in [3.05, 3.63) is 42.0 Å². The summed E-state index contributed by atoms with van der Waals surface area (Å²) < 4.78 is 0. The van der Waals surface area contributed by atoms with E-state index in [9.17, 15) is 4.79 Å². The molecular formula is C13H17NO2. The van der Waals surface area contributed by atoms with Crippen molar-refractivity contribution in [1.29, 1.82) is 0 Å². The predicted octanol–water partition coefficient (Wildman–Crippen LogP) is 2.28. The van der Waals surface area contributed by atoms with Crippen LogP contribution in [0.15, 0.2) is 30.8 Å². The Hall–Kier alpha value is -1.77. The van der Waals surface area contributed by atoms with Crippen LogP contribution < -0.4 is 5.32 Å². The summed E-state index contributed by atoms with van der Waals surface area (Å²) in [5.74, 6) is -0.813. The van der Waals surface area contributed by atoms with Crippen molar-refractivity contribution in [2.24, 2.45) is 0 Å². The molecule has 0 amide bonds.